The molecule has 1 aromatic heterocycles. The van der Waals surface area contributed by atoms with Crippen molar-refractivity contribution in [3.63, 3.8) is 0 Å². The second kappa shape index (κ2) is 11.9. The van der Waals surface area contributed by atoms with Crippen molar-refractivity contribution in [2.45, 2.75) is 37.3 Å². The van der Waals surface area contributed by atoms with E-state index in [-0.39, 0.29) is 18.0 Å². The second-order valence-corrected chi connectivity index (χ2v) is 13.3. The molecule has 0 N–H and O–H groups in total. The molecular formula is C45H34N4. The molecule has 0 bridgehead atoms. The van der Waals surface area contributed by atoms with Gasteiger partial charge in [0.1, 0.15) is 0 Å². The monoisotopic (exact) mass is 630 g/mol. The SMILES string of the molecule is N#Cc1ccc(-n2c3c(c4ccccc42)CCC=C3)c(-c2cccc(C3=CC(C#N)C(N4c5ccccc5C5CC=CC=CC54)C=C3)c2)c1. The summed E-state index contributed by atoms with van der Waals surface area (Å²) in [7, 11) is 0. The Morgan fingerprint density at radius 1 is 0.735 bits per heavy atom. The van der Waals surface area contributed by atoms with Crippen LogP contribution >= 0.6 is 0 Å². The zero-order chi connectivity index (χ0) is 32.9. The minimum atomic E-state index is -0.317. The molecule has 0 spiro atoms. The molecular weight excluding hydrogens is 597 g/mol. The van der Waals surface area contributed by atoms with Gasteiger partial charge in [0, 0.05) is 28.2 Å². The zero-order valence-corrected chi connectivity index (χ0v) is 27.1. The highest BCUT2D eigenvalue weighted by atomic mass is 15.2. The van der Waals surface area contributed by atoms with E-state index in [0.717, 1.165) is 47.2 Å². The molecule has 9 rings (SSSR count). The van der Waals surface area contributed by atoms with Gasteiger partial charge in [0.15, 0.2) is 0 Å². The molecule has 4 atom stereocenters. The van der Waals surface area contributed by atoms with Crippen LogP contribution in [0.1, 0.15) is 46.7 Å². The highest BCUT2D eigenvalue weighted by Gasteiger charge is 2.42. The molecule has 2 heterocycles. The van der Waals surface area contributed by atoms with Gasteiger partial charge in [-0.1, -0.05) is 103 Å². The molecule has 4 aliphatic rings. The molecule has 4 unspecified atom stereocenters. The summed E-state index contributed by atoms with van der Waals surface area (Å²) in [6.45, 7) is 0. The first-order chi connectivity index (χ1) is 24.2. The van der Waals surface area contributed by atoms with E-state index >= 15 is 0 Å². The van der Waals surface area contributed by atoms with Gasteiger partial charge >= 0.3 is 0 Å². The van der Waals surface area contributed by atoms with Crippen LogP contribution in [0.25, 0.3) is 39.4 Å². The lowest BCUT2D eigenvalue weighted by Gasteiger charge is -2.37. The number of fused-ring (bicyclic) bond motifs is 6. The molecule has 0 fully saturated rings. The first kappa shape index (κ1) is 29.1. The molecule has 0 saturated carbocycles. The number of hydrogen-bond acceptors (Lipinski definition) is 3. The van der Waals surface area contributed by atoms with E-state index in [1.54, 1.807) is 0 Å². The van der Waals surface area contributed by atoms with Crippen LogP contribution in [-0.4, -0.2) is 16.7 Å². The standard InChI is InChI=1S/C45H34N4/c46-28-30-21-23-45(49-43-19-8-5-15-37(43)38-16-6-9-20-44(38)49)39(25-30)33-12-10-11-31(26-33)32-22-24-40(34(27-32)29-47)48-41-17-3-1-2-13-35(41)36-14-4-7-18-42(36)48/h1-5,7-12,14-15,17-27,34-35,40-41H,6,13,16H2. The molecule has 3 aliphatic carbocycles. The summed E-state index contributed by atoms with van der Waals surface area (Å²) in [6, 6.07) is 37.0. The van der Waals surface area contributed by atoms with Crippen LogP contribution in [0.5, 0.6) is 0 Å². The van der Waals surface area contributed by atoms with E-state index < -0.39 is 0 Å². The van der Waals surface area contributed by atoms with E-state index in [2.05, 4.69) is 155 Å². The first-order valence-electron chi connectivity index (χ1n) is 17.2. The maximum absolute atomic E-state index is 10.6. The lowest BCUT2D eigenvalue weighted by atomic mass is 9.86. The number of aryl methyl sites for hydroxylation is 1. The van der Waals surface area contributed by atoms with E-state index in [1.807, 2.05) is 12.1 Å². The Balaban J connectivity index is 1.11. The molecule has 4 heteroatoms. The number of anilines is 1. The average molecular weight is 631 g/mol. The molecule has 0 radical (unpaired) electrons. The minimum Gasteiger partial charge on any atom is -0.356 e. The Labute approximate surface area is 287 Å². The smallest absolute Gasteiger partial charge is 0.0991 e. The van der Waals surface area contributed by atoms with Crippen LogP contribution in [0.4, 0.5) is 5.69 Å². The lowest BCUT2D eigenvalue weighted by Crippen LogP contribution is -2.44. The summed E-state index contributed by atoms with van der Waals surface area (Å²) < 4.78 is 2.36. The van der Waals surface area contributed by atoms with Gasteiger partial charge in [0.25, 0.3) is 0 Å². The number of para-hydroxylation sites is 2. The van der Waals surface area contributed by atoms with Crippen LogP contribution in [0.3, 0.4) is 0 Å². The molecule has 4 nitrogen and oxygen atoms in total. The Kier molecular flexibility index (Phi) is 7.03. The summed E-state index contributed by atoms with van der Waals surface area (Å²) in [5, 5.41) is 21.8. The molecule has 4 aromatic carbocycles. The fourth-order valence-electron chi connectivity index (χ4n) is 8.50. The Morgan fingerprint density at radius 2 is 1.61 bits per heavy atom. The van der Waals surface area contributed by atoms with Crippen molar-refractivity contribution < 1.29 is 0 Å². The van der Waals surface area contributed by atoms with Gasteiger partial charge in [0.2, 0.25) is 0 Å². The summed E-state index contributed by atoms with van der Waals surface area (Å²) in [4.78, 5) is 2.47. The van der Waals surface area contributed by atoms with Crippen molar-refractivity contribution in [3.8, 4) is 29.0 Å². The number of hydrogen-bond donors (Lipinski definition) is 0. The van der Waals surface area contributed by atoms with Crippen molar-refractivity contribution in [1.29, 1.82) is 10.5 Å². The number of nitriles is 2. The number of benzene rings is 4. The minimum absolute atomic E-state index is 0.0731. The predicted octanol–water partition coefficient (Wildman–Crippen LogP) is 10.1. The van der Waals surface area contributed by atoms with Gasteiger partial charge in [-0.25, -0.2) is 0 Å². The summed E-state index contributed by atoms with van der Waals surface area (Å²) >= 11 is 0. The van der Waals surface area contributed by atoms with Gasteiger partial charge in [-0.05, 0) is 89.6 Å². The van der Waals surface area contributed by atoms with E-state index in [9.17, 15) is 10.5 Å². The maximum Gasteiger partial charge on any atom is 0.0991 e. The summed E-state index contributed by atoms with van der Waals surface area (Å²) in [5.41, 5.74) is 12.2. The zero-order valence-electron chi connectivity index (χ0n) is 27.1. The summed E-state index contributed by atoms with van der Waals surface area (Å²) in [6.07, 6.45) is 23.0. The molecule has 0 amide bonds. The number of aromatic nitrogens is 1. The summed E-state index contributed by atoms with van der Waals surface area (Å²) in [5.74, 6) is 0.0555. The van der Waals surface area contributed by atoms with Crippen molar-refractivity contribution >= 4 is 28.2 Å². The number of allylic oxidation sites excluding steroid dienone is 6. The topological polar surface area (TPSA) is 55.8 Å². The number of rotatable bonds is 4. The van der Waals surface area contributed by atoms with Gasteiger partial charge in [-0.2, -0.15) is 10.5 Å². The van der Waals surface area contributed by atoms with Crippen molar-refractivity contribution in [1.82, 2.24) is 4.57 Å². The molecule has 0 saturated heterocycles. The van der Waals surface area contributed by atoms with Gasteiger partial charge in [-0.15, -0.1) is 0 Å². The highest BCUT2D eigenvalue weighted by Crippen LogP contribution is 2.47. The Bertz CT molecular complexity index is 2380. The maximum atomic E-state index is 10.6. The molecule has 5 aromatic rings. The Morgan fingerprint density at radius 3 is 2.53 bits per heavy atom. The van der Waals surface area contributed by atoms with Crippen molar-refractivity contribution in [2.24, 2.45) is 5.92 Å². The number of nitrogens with zero attached hydrogens (tertiary/aromatic N) is 4. The van der Waals surface area contributed by atoms with E-state index in [0.29, 0.717) is 11.5 Å². The van der Waals surface area contributed by atoms with Crippen molar-refractivity contribution in [2.75, 3.05) is 4.90 Å². The fraction of sp³-hybridized carbons (Fsp3) is 0.156. The highest BCUT2D eigenvalue weighted by molar-refractivity contribution is 5.93. The normalized spacial score (nSPS) is 21.8. The van der Waals surface area contributed by atoms with Crippen molar-refractivity contribution in [3.05, 3.63) is 168 Å². The quantitative estimate of drug-likeness (QED) is 0.199. The predicted molar refractivity (Wildman–Crippen MR) is 199 cm³/mol. The average Bonchev–Trinajstić information content (AvgIpc) is 3.54. The third-order valence-corrected chi connectivity index (χ3v) is 10.7. The van der Waals surface area contributed by atoms with Crippen LogP contribution in [0.2, 0.25) is 0 Å². The first-order valence-corrected chi connectivity index (χ1v) is 17.2. The molecule has 49 heavy (non-hydrogen) atoms. The van der Waals surface area contributed by atoms with Gasteiger partial charge in [-0.3, -0.25) is 0 Å². The molecule has 1 aliphatic heterocycles. The van der Waals surface area contributed by atoms with Crippen LogP contribution < -0.4 is 4.90 Å². The second-order valence-electron chi connectivity index (χ2n) is 13.3. The third-order valence-electron chi connectivity index (χ3n) is 10.7. The van der Waals surface area contributed by atoms with E-state index in [1.165, 1.54) is 33.4 Å². The van der Waals surface area contributed by atoms with Gasteiger partial charge in [0.05, 0.1) is 46.9 Å². The fourth-order valence-corrected chi connectivity index (χ4v) is 8.50. The van der Waals surface area contributed by atoms with Crippen LogP contribution in [-0.2, 0) is 6.42 Å². The Hall–Kier alpha value is -6.10. The van der Waals surface area contributed by atoms with Gasteiger partial charge < -0.3 is 9.47 Å². The van der Waals surface area contributed by atoms with E-state index in [4.69, 9.17) is 0 Å². The van der Waals surface area contributed by atoms with Crippen LogP contribution in [0.15, 0.2) is 140 Å². The largest absolute Gasteiger partial charge is 0.356 e. The molecule has 234 valence electrons. The third kappa shape index (κ3) is 4.72. The van der Waals surface area contributed by atoms with Crippen LogP contribution in [0, 0.1) is 28.6 Å². The lowest BCUT2D eigenvalue weighted by molar-refractivity contribution is 0.539.